The van der Waals surface area contributed by atoms with E-state index in [9.17, 15) is 39.5 Å². The molecular weight excluding hydrogens is 556 g/mol. The normalized spacial score (nSPS) is 17.8. The lowest BCUT2D eigenvalue weighted by molar-refractivity contribution is -0.131. The van der Waals surface area contributed by atoms with E-state index in [-0.39, 0.29) is 27.2 Å². The molecule has 0 nitrogen and oxygen atoms in total. The van der Waals surface area contributed by atoms with E-state index in [1.807, 2.05) is 6.92 Å². The SMILES string of the molecule is CCC[SiH2][SiH](CCC)[SiH](CCC)[SiH](CCC(F)(F)F)[SiH](CCC(F)(F)F)[SiH2]CCC(F)(F)F. The van der Waals surface area contributed by atoms with E-state index < -0.39 is 78.2 Å². The number of hydrogen-bond acceptors (Lipinski definition) is 0. The molecule has 0 aliphatic rings. The van der Waals surface area contributed by atoms with Crippen LogP contribution in [0.1, 0.15) is 59.3 Å². The monoisotopic (exact) mass is 596 g/mol. The first kappa shape index (κ1) is 33.7. The van der Waals surface area contributed by atoms with Crippen molar-refractivity contribution in [3.05, 3.63) is 0 Å². The highest BCUT2D eigenvalue weighted by atomic mass is 29.9. The van der Waals surface area contributed by atoms with Crippen molar-refractivity contribution < 1.29 is 39.5 Å². The van der Waals surface area contributed by atoms with Crippen molar-refractivity contribution in [1.82, 2.24) is 0 Å². The standard InChI is InChI=1S/C18H41F9Si6/c1-4-10-28-30(12-5-2)32(13-6-3)33(15-9-18(25,26)27)31(14-8-17(22,23)24)29-11-7-16(19,20)21/h30-33H,4-15,28-29H2,1-3H3. The fourth-order valence-corrected chi connectivity index (χ4v) is 142. The van der Waals surface area contributed by atoms with Crippen LogP contribution in [0.5, 0.6) is 0 Å². The molecule has 0 heterocycles. The van der Waals surface area contributed by atoms with Crippen LogP contribution in [-0.4, -0.2) is 67.9 Å². The molecule has 200 valence electrons. The Bertz CT molecular complexity index is 499. The molecule has 0 spiro atoms. The molecule has 0 N–H and O–H groups in total. The minimum atomic E-state index is -4.38. The lowest BCUT2D eigenvalue weighted by Gasteiger charge is -2.36. The summed E-state index contributed by atoms with van der Waals surface area (Å²) in [5.74, 6) is 0. The highest BCUT2D eigenvalue weighted by Crippen LogP contribution is 2.30. The summed E-state index contributed by atoms with van der Waals surface area (Å²) >= 11 is 0. The van der Waals surface area contributed by atoms with Crippen LogP contribution in [0.15, 0.2) is 0 Å². The van der Waals surface area contributed by atoms with Gasteiger partial charge < -0.3 is 0 Å². The second-order valence-corrected chi connectivity index (χ2v) is 55.9. The summed E-state index contributed by atoms with van der Waals surface area (Å²) in [4.78, 5) is 0. The van der Waals surface area contributed by atoms with E-state index in [0.717, 1.165) is 37.4 Å². The Hall–Kier alpha value is 0.671. The van der Waals surface area contributed by atoms with Crippen molar-refractivity contribution in [2.75, 3.05) is 0 Å². The zero-order valence-corrected chi connectivity index (χ0v) is 27.6. The van der Waals surface area contributed by atoms with Gasteiger partial charge in [0.2, 0.25) is 0 Å². The zero-order valence-electron chi connectivity index (χ0n) is 20.1. The molecule has 33 heavy (non-hydrogen) atoms. The number of alkyl halides is 9. The van der Waals surface area contributed by atoms with Crippen LogP contribution in [0.2, 0.25) is 36.3 Å². The van der Waals surface area contributed by atoms with Gasteiger partial charge in [0.05, 0.1) is 0 Å². The highest BCUT2D eigenvalue weighted by molar-refractivity contribution is 7.77. The summed E-state index contributed by atoms with van der Waals surface area (Å²) in [6.07, 6.45) is -13.1. The molecular formula is C18H41F9Si6. The van der Waals surface area contributed by atoms with Gasteiger partial charge in [-0.3, -0.25) is 0 Å². The maximum atomic E-state index is 13.2. The maximum absolute atomic E-state index is 13.2. The van der Waals surface area contributed by atoms with Crippen LogP contribution in [-0.2, 0) is 0 Å². The van der Waals surface area contributed by atoms with E-state index in [0.29, 0.717) is 0 Å². The average Bonchev–Trinajstić information content (AvgIpc) is 2.65. The van der Waals surface area contributed by atoms with Gasteiger partial charge in [-0.25, -0.2) is 0 Å². The van der Waals surface area contributed by atoms with Gasteiger partial charge in [0, 0.05) is 68.7 Å². The van der Waals surface area contributed by atoms with Gasteiger partial charge in [0.25, 0.3) is 0 Å². The van der Waals surface area contributed by atoms with Crippen molar-refractivity contribution in [3.63, 3.8) is 0 Å². The van der Waals surface area contributed by atoms with Gasteiger partial charge in [-0.05, 0) is 0 Å². The van der Waals surface area contributed by atoms with E-state index in [2.05, 4.69) is 13.8 Å². The fraction of sp³-hybridized carbons (Fsp3) is 1.00. The summed E-state index contributed by atoms with van der Waals surface area (Å²) in [6, 6.07) is 3.06. The molecule has 0 saturated carbocycles. The first-order valence-electron chi connectivity index (χ1n) is 12.3. The lowest BCUT2D eigenvalue weighted by Crippen LogP contribution is -2.60. The van der Waals surface area contributed by atoms with Gasteiger partial charge in [0.15, 0.2) is 0 Å². The van der Waals surface area contributed by atoms with Crippen molar-refractivity contribution in [2.45, 2.75) is 114 Å². The lowest BCUT2D eigenvalue weighted by atomic mass is 10.5. The number of halogens is 9. The first-order valence-corrected chi connectivity index (χ1v) is 32.1. The van der Waals surface area contributed by atoms with Crippen LogP contribution >= 0.6 is 0 Å². The van der Waals surface area contributed by atoms with E-state index in [1.165, 1.54) is 0 Å². The quantitative estimate of drug-likeness (QED) is 0.156. The second-order valence-electron chi connectivity index (χ2n) is 9.38. The summed E-state index contributed by atoms with van der Waals surface area (Å²) < 4.78 is 117. The third kappa shape index (κ3) is 17.7. The summed E-state index contributed by atoms with van der Waals surface area (Å²) in [5, 5.41) is 0. The molecule has 0 aromatic carbocycles. The molecule has 0 saturated heterocycles. The Morgan fingerprint density at radius 1 is 0.485 bits per heavy atom. The van der Waals surface area contributed by atoms with Crippen LogP contribution in [0.25, 0.3) is 0 Å². The van der Waals surface area contributed by atoms with Crippen molar-refractivity contribution in [3.8, 4) is 0 Å². The molecule has 0 radical (unpaired) electrons. The van der Waals surface area contributed by atoms with Crippen LogP contribution in [0, 0.1) is 0 Å². The third-order valence-electron chi connectivity index (χ3n) is 6.57. The maximum Gasteiger partial charge on any atom is 0.388 e. The molecule has 0 amide bonds. The summed E-state index contributed by atoms with van der Waals surface area (Å²) in [5.41, 5.74) is 0. The largest absolute Gasteiger partial charge is 0.388 e. The van der Waals surface area contributed by atoms with Crippen LogP contribution < -0.4 is 0 Å². The molecule has 4 atom stereocenters. The Labute approximate surface area is 202 Å². The van der Waals surface area contributed by atoms with Crippen molar-refractivity contribution >= 4 is 49.4 Å². The molecule has 0 aliphatic carbocycles. The van der Waals surface area contributed by atoms with Gasteiger partial charge >= 0.3 is 18.5 Å². The molecule has 15 heteroatoms. The highest BCUT2D eigenvalue weighted by Gasteiger charge is 2.41. The first-order chi connectivity index (χ1) is 15.1. The predicted octanol–water partition coefficient (Wildman–Crippen LogP) is 5.38. The Kier molecular flexibility index (Phi) is 16.8. The topological polar surface area (TPSA) is 0 Å². The minimum absolute atomic E-state index is 0.0297. The Morgan fingerprint density at radius 2 is 0.909 bits per heavy atom. The summed E-state index contributed by atoms with van der Waals surface area (Å²) in [6.45, 7) is 6.20. The van der Waals surface area contributed by atoms with Crippen molar-refractivity contribution in [1.29, 1.82) is 0 Å². The van der Waals surface area contributed by atoms with Crippen molar-refractivity contribution in [2.24, 2.45) is 0 Å². The fourth-order valence-electron chi connectivity index (χ4n) is 5.16. The zero-order chi connectivity index (χ0) is 25.7. The van der Waals surface area contributed by atoms with Crippen LogP contribution in [0.3, 0.4) is 0 Å². The molecule has 4 unspecified atom stereocenters. The second kappa shape index (κ2) is 16.4. The molecule has 0 rings (SSSR count). The number of rotatable bonds is 17. The van der Waals surface area contributed by atoms with Gasteiger partial charge in [0.1, 0.15) is 0 Å². The minimum Gasteiger partial charge on any atom is -0.171 e. The average molecular weight is 597 g/mol. The molecule has 0 bridgehead atoms. The van der Waals surface area contributed by atoms with Gasteiger partial charge in [-0.15, -0.1) is 0 Å². The third-order valence-corrected chi connectivity index (χ3v) is 93.3. The van der Waals surface area contributed by atoms with Gasteiger partial charge in [-0.2, -0.15) is 39.5 Å². The molecule has 0 fully saturated rings. The summed E-state index contributed by atoms with van der Waals surface area (Å²) in [7, 11) is -8.68. The van der Waals surface area contributed by atoms with E-state index in [4.69, 9.17) is 0 Å². The molecule has 0 aromatic heterocycles. The molecule has 0 aromatic rings. The number of hydrogen-bond donors (Lipinski definition) is 0. The van der Waals surface area contributed by atoms with E-state index in [1.54, 1.807) is 0 Å². The van der Waals surface area contributed by atoms with Gasteiger partial charge in [-0.1, -0.05) is 76.3 Å². The predicted molar refractivity (Wildman–Crippen MR) is 137 cm³/mol. The Balaban J connectivity index is 6.01. The van der Waals surface area contributed by atoms with E-state index >= 15 is 0 Å². The Morgan fingerprint density at radius 3 is 1.36 bits per heavy atom. The smallest absolute Gasteiger partial charge is 0.171 e. The molecule has 0 aliphatic heterocycles. The van der Waals surface area contributed by atoms with Crippen LogP contribution in [0.4, 0.5) is 39.5 Å².